The fraction of sp³-hybridized carbons (Fsp3) is 0.400. The maximum atomic E-state index is 4.19. The monoisotopic (exact) mass is 241 g/mol. The lowest BCUT2D eigenvalue weighted by Gasteiger charge is -2.26. The lowest BCUT2D eigenvalue weighted by molar-refractivity contribution is 0.217. The Balaban J connectivity index is 1.79. The molecule has 0 aromatic carbocycles. The number of likely N-dealkylation sites (tertiary alicyclic amines) is 1. The summed E-state index contributed by atoms with van der Waals surface area (Å²) in [6.07, 6.45) is 9.93. The Morgan fingerprint density at radius 1 is 1.06 bits per heavy atom. The van der Waals surface area contributed by atoms with E-state index in [-0.39, 0.29) is 0 Å². The van der Waals surface area contributed by atoms with Gasteiger partial charge in [-0.1, -0.05) is 6.42 Å². The van der Waals surface area contributed by atoms with Gasteiger partial charge in [0.15, 0.2) is 0 Å². The van der Waals surface area contributed by atoms with Gasteiger partial charge in [-0.3, -0.25) is 9.88 Å². The fourth-order valence-corrected chi connectivity index (χ4v) is 2.64. The Bertz CT molecular complexity index is 483. The summed E-state index contributed by atoms with van der Waals surface area (Å²) in [7, 11) is 0. The van der Waals surface area contributed by atoms with E-state index in [1.54, 1.807) is 0 Å². The molecule has 3 rings (SSSR count). The van der Waals surface area contributed by atoms with Gasteiger partial charge < -0.3 is 4.57 Å². The van der Waals surface area contributed by atoms with E-state index in [4.69, 9.17) is 0 Å². The van der Waals surface area contributed by atoms with Crippen molar-refractivity contribution >= 4 is 0 Å². The summed E-state index contributed by atoms with van der Waals surface area (Å²) in [6.45, 7) is 3.51. The number of nitrogens with zero attached hydrogens (tertiary/aromatic N) is 3. The van der Waals surface area contributed by atoms with E-state index in [1.807, 2.05) is 18.5 Å². The molecule has 2 aromatic rings. The quantitative estimate of drug-likeness (QED) is 0.824. The molecule has 0 amide bonds. The molecule has 3 nitrogen and oxygen atoms in total. The molecule has 1 aliphatic heterocycles. The summed E-state index contributed by atoms with van der Waals surface area (Å²) in [4.78, 5) is 6.74. The average molecular weight is 241 g/mol. The van der Waals surface area contributed by atoms with Crippen LogP contribution in [0.4, 0.5) is 0 Å². The summed E-state index contributed by atoms with van der Waals surface area (Å²) in [5.74, 6) is 0. The molecule has 0 N–H and O–H groups in total. The van der Waals surface area contributed by atoms with E-state index in [1.165, 1.54) is 38.0 Å². The van der Waals surface area contributed by atoms with Gasteiger partial charge in [0, 0.05) is 24.6 Å². The first-order valence-electron chi connectivity index (χ1n) is 6.72. The van der Waals surface area contributed by atoms with Crippen molar-refractivity contribution < 1.29 is 0 Å². The van der Waals surface area contributed by atoms with Crippen LogP contribution in [0.1, 0.15) is 25.0 Å². The van der Waals surface area contributed by atoms with Crippen LogP contribution < -0.4 is 0 Å². The predicted octanol–water partition coefficient (Wildman–Crippen LogP) is 2.86. The Labute approximate surface area is 108 Å². The van der Waals surface area contributed by atoms with Crippen molar-refractivity contribution in [1.82, 2.24) is 14.5 Å². The molecule has 0 aliphatic carbocycles. The molecular weight excluding hydrogens is 222 g/mol. The summed E-state index contributed by atoms with van der Waals surface area (Å²) in [6, 6.07) is 8.42. The number of piperidine rings is 1. The van der Waals surface area contributed by atoms with Crippen LogP contribution in [0.5, 0.6) is 0 Å². The zero-order valence-electron chi connectivity index (χ0n) is 10.6. The van der Waals surface area contributed by atoms with Crippen LogP contribution in [-0.4, -0.2) is 27.5 Å². The number of hydrogen-bond acceptors (Lipinski definition) is 2. The van der Waals surface area contributed by atoms with Gasteiger partial charge in [-0.25, -0.2) is 0 Å². The van der Waals surface area contributed by atoms with Crippen LogP contribution in [0.25, 0.3) is 5.69 Å². The maximum Gasteiger partial charge on any atom is 0.0636 e. The van der Waals surface area contributed by atoms with Gasteiger partial charge in [0.05, 0.1) is 11.9 Å². The highest BCUT2D eigenvalue weighted by atomic mass is 15.1. The van der Waals surface area contributed by atoms with Crippen molar-refractivity contribution in [3.8, 4) is 5.69 Å². The van der Waals surface area contributed by atoms with E-state index >= 15 is 0 Å². The minimum absolute atomic E-state index is 1.04. The second-order valence-electron chi connectivity index (χ2n) is 4.92. The first-order chi connectivity index (χ1) is 8.93. The Morgan fingerprint density at radius 2 is 1.94 bits per heavy atom. The molecule has 1 saturated heterocycles. The second-order valence-corrected chi connectivity index (χ2v) is 4.92. The van der Waals surface area contributed by atoms with E-state index in [9.17, 15) is 0 Å². The van der Waals surface area contributed by atoms with Gasteiger partial charge in [-0.05, 0) is 50.2 Å². The van der Waals surface area contributed by atoms with Crippen LogP contribution in [0.3, 0.4) is 0 Å². The zero-order chi connectivity index (χ0) is 12.2. The molecule has 3 heteroatoms. The van der Waals surface area contributed by atoms with Crippen LogP contribution in [-0.2, 0) is 6.54 Å². The first kappa shape index (κ1) is 11.5. The van der Waals surface area contributed by atoms with Gasteiger partial charge in [0.1, 0.15) is 0 Å². The van der Waals surface area contributed by atoms with E-state index in [0.29, 0.717) is 0 Å². The number of hydrogen-bond donors (Lipinski definition) is 0. The number of rotatable bonds is 3. The molecule has 0 unspecified atom stereocenters. The predicted molar refractivity (Wildman–Crippen MR) is 72.7 cm³/mol. The highest BCUT2D eigenvalue weighted by molar-refractivity contribution is 5.31. The third kappa shape index (κ3) is 2.46. The smallest absolute Gasteiger partial charge is 0.0636 e. The van der Waals surface area contributed by atoms with Gasteiger partial charge in [-0.2, -0.15) is 0 Å². The number of pyridine rings is 1. The van der Waals surface area contributed by atoms with Gasteiger partial charge in [0.25, 0.3) is 0 Å². The van der Waals surface area contributed by atoms with E-state index in [2.05, 4.69) is 38.8 Å². The van der Waals surface area contributed by atoms with Crippen molar-refractivity contribution in [2.75, 3.05) is 13.1 Å². The second kappa shape index (κ2) is 5.36. The van der Waals surface area contributed by atoms with Crippen LogP contribution in [0.15, 0.2) is 42.9 Å². The van der Waals surface area contributed by atoms with Gasteiger partial charge >= 0.3 is 0 Å². The average Bonchev–Trinajstić information content (AvgIpc) is 2.89. The fourth-order valence-electron chi connectivity index (χ4n) is 2.64. The molecule has 1 fully saturated rings. The molecular formula is C15H19N3. The molecule has 0 spiro atoms. The largest absolute Gasteiger partial charge is 0.318 e. The topological polar surface area (TPSA) is 21.1 Å². The normalized spacial score (nSPS) is 16.9. The molecule has 0 saturated carbocycles. The highest BCUT2D eigenvalue weighted by Crippen LogP contribution is 2.16. The van der Waals surface area contributed by atoms with Crippen LogP contribution >= 0.6 is 0 Å². The third-order valence-electron chi connectivity index (χ3n) is 3.59. The van der Waals surface area contributed by atoms with Crippen molar-refractivity contribution in [2.24, 2.45) is 0 Å². The Hall–Kier alpha value is -1.61. The molecule has 0 atom stereocenters. The van der Waals surface area contributed by atoms with E-state index < -0.39 is 0 Å². The first-order valence-corrected chi connectivity index (χ1v) is 6.72. The summed E-state index contributed by atoms with van der Waals surface area (Å²) in [5.41, 5.74) is 2.50. The SMILES string of the molecule is c1cncc(-n2cccc2CN2CCCCC2)c1. The molecule has 18 heavy (non-hydrogen) atoms. The lowest BCUT2D eigenvalue weighted by Crippen LogP contribution is -2.29. The van der Waals surface area contributed by atoms with Gasteiger partial charge in [0.2, 0.25) is 0 Å². The Kier molecular flexibility index (Phi) is 3.42. The van der Waals surface area contributed by atoms with Gasteiger partial charge in [-0.15, -0.1) is 0 Å². The minimum Gasteiger partial charge on any atom is -0.318 e. The Morgan fingerprint density at radius 3 is 2.72 bits per heavy atom. The van der Waals surface area contributed by atoms with Crippen molar-refractivity contribution in [3.05, 3.63) is 48.5 Å². The summed E-state index contributed by atoms with van der Waals surface area (Å²) >= 11 is 0. The maximum absolute atomic E-state index is 4.19. The minimum atomic E-state index is 1.04. The number of aromatic nitrogens is 2. The van der Waals surface area contributed by atoms with Crippen LogP contribution in [0.2, 0.25) is 0 Å². The summed E-state index contributed by atoms with van der Waals surface area (Å²) in [5, 5.41) is 0. The van der Waals surface area contributed by atoms with E-state index in [0.717, 1.165) is 12.2 Å². The van der Waals surface area contributed by atoms with Crippen molar-refractivity contribution in [1.29, 1.82) is 0 Å². The molecule has 2 aromatic heterocycles. The van der Waals surface area contributed by atoms with Crippen molar-refractivity contribution in [2.45, 2.75) is 25.8 Å². The molecule has 0 radical (unpaired) electrons. The zero-order valence-corrected chi connectivity index (χ0v) is 10.6. The van der Waals surface area contributed by atoms with Crippen molar-refractivity contribution in [3.63, 3.8) is 0 Å². The molecule has 94 valence electrons. The summed E-state index contributed by atoms with van der Waals surface area (Å²) < 4.78 is 2.24. The molecule has 0 bridgehead atoms. The lowest BCUT2D eigenvalue weighted by atomic mass is 10.1. The highest BCUT2D eigenvalue weighted by Gasteiger charge is 2.12. The standard InChI is InChI=1S/C15H19N3/c1-2-9-17(10-3-1)13-15-7-5-11-18(15)14-6-4-8-16-12-14/h4-8,11-12H,1-3,9-10,13H2. The molecule has 1 aliphatic rings. The van der Waals surface area contributed by atoms with Crippen LogP contribution in [0, 0.1) is 0 Å². The third-order valence-corrected chi connectivity index (χ3v) is 3.59. The molecule has 3 heterocycles.